The lowest BCUT2D eigenvalue weighted by molar-refractivity contribution is 0.411. The maximum Gasteiger partial charge on any atom is 0.239 e. The largest absolute Gasteiger partial charge is 0.494 e. The van der Waals surface area contributed by atoms with E-state index in [4.69, 9.17) is 10.5 Å². The molecule has 1 aromatic carbocycles. The van der Waals surface area contributed by atoms with E-state index in [-0.39, 0.29) is 5.95 Å². The zero-order chi connectivity index (χ0) is 14.1. The molecule has 0 aliphatic carbocycles. The van der Waals surface area contributed by atoms with E-state index in [1.165, 1.54) is 0 Å². The van der Waals surface area contributed by atoms with Crippen LogP contribution in [0.5, 0.6) is 5.75 Å². The molecule has 0 bridgehead atoms. The number of nitrogens with zero attached hydrogens (tertiary/aromatic N) is 6. The number of hydrogen-bond acceptors (Lipinski definition) is 6. The number of rotatable bonds is 3. The van der Waals surface area contributed by atoms with Gasteiger partial charge in [0.25, 0.3) is 0 Å². The highest BCUT2D eigenvalue weighted by molar-refractivity contribution is 5.52. The predicted molar refractivity (Wildman–Crippen MR) is 72.0 cm³/mol. The molecule has 3 rings (SSSR count). The van der Waals surface area contributed by atoms with E-state index in [9.17, 15) is 0 Å². The van der Waals surface area contributed by atoms with E-state index in [0.29, 0.717) is 11.6 Å². The standard InChI is InChI=1S/C12H13N7O/c1-8-14-6-19(16-8)10-4-3-9(5-11(10)20-2)18-7-15-12(13)17-18/h3-7H,1-2H3,(H2,13,17). The Kier molecular flexibility index (Phi) is 2.82. The van der Waals surface area contributed by atoms with Crippen molar-refractivity contribution in [1.29, 1.82) is 0 Å². The predicted octanol–water partition coefficient (Wildman–Crippen LogP) is 0.747. The second kappa shape index (κ2) is 4.65. The van der Waals surface area contributed by atoms with Crippen LogP contribution in [0.2, 0.25) is 0 Å². The number of nitrogen functional groups attached to an aromatic ring is 1. The lowest BCUT2D eigenvalue weighted by atomic mass is 10.2. The van der Waals surface area contributed by atoms with E-state index >= 15 is 0 Å². The first-order valence-electron chi connectivity index (χ1n) is 5.91. The zero-order valence-corrected chi connectivity index (χ0v) is 11.1. The minimum absolute atomic E-state index is 0.222. The fourth-order valence-electron chi connectivity index (χ4n) is 1.86. The Balaban J connectivity index is 2.06. The fourth-order valence-corrected chi connectivity index (χ4v) is 1.86. The van der Waals surface area contributed by atoms with E-state index in [0.717, 1.165) is 11.4 Å². The van der Waals surface area contributed by atoms with Crippen molar-refractivity contribution in [2.45, 2.75) is 6.92 Å². The quantitative estimate of drug-likeness (QED) is 0.755. The van der Waals surface area contributed by atoms with Crippen LogP contribution in [-0.4, -0.2) is 36.6 Å². The van der Waals surface area contributed by atoms with Gasteiger partial charge < -0.3 is 10.5 Å². The fraction of sp³-hybridized carbons (Fsp3) is 0.167. The summed E-state index contributed by atoms with van der Waals surface area (Å²) in [6.45, 7) is 1.83. The zero-order valence-electron chi connectivity index (χ0n) is 11.1. The van der Waals surface area contributed by atoms with Crippen LogP contribution in [0.4, 0.5) is 5.95 Å². The first kappa shape index (κ1) is 12.2. The summed E-state index contributed by atoms with van der Waals surface area (Å²) in [5.74, 6) is 1.57. The Labute approximate surface area is 114 Å². The molecule has 2 N–H and O–H groups in total. The second-order valence-corrected chi connectivity index (χ2v) is 4.14. The number of aryl methyl sites for hydroxylation is 1. The summed E-state index contributed by atoms with van der Waals surface area (Å²) in [6.07, 6.45) is 3.18. The van der Waals surface area contributed by atoms with E-state index < -0.39 is 0 Å². The van der Waals surface area contributed by atoms with Crippen molar-refractivity contribution in [1.82, 2.24) is 29.5 Å². The molecule has 0 spiro atoms. The molecule has 0 saturated heterocycles. The lowest BCUT2D eigenvalue weighted by Gasteiger charge is -2.10. The molecule has 0 amide bonds. The number of methoxy groups -OCH3 is 1. The summed E-state index contributed by atoms with van der Waals surface area (Å²) in [7, 11) is 1.60. The van der Waals surface area contributed by atoms with Crippen LogP contribution in [-0.2, 0) is 0 Å². The Bertz CT molecular complexity index is 746. The number of nitrogens with two attached hydrogens (primary N) is 1. The summed E-state index contributed by atoms with van der Waals surface area (Å²) in [5, 5.41) is 8.32. The Morgan fingerprint density at radius 2 is 1.90 bits per heavy atom. The van der Waals surface area contributed by atoms with Gasteiger partial charge in [-0.1, -0.05) is 0 Å². The van der Waals surface area contributed by atoms with Gasteiger partial charge in [0.1, 0.15) is 29.9 Å². The molecule has 0 aliphatic heterocycles. The molecule has 2 aromatic heterocycles. The van der Waals surface area contributed by atoms with Crippen molar-refractivity contribution in [3.05, 3.63) is 36.7 Å². The van der Waals surface area contributed by atoms with Crippen LogP contribution in [0.25, 0.3) is 11.4 Å². The topological polar surface area (TPSA) is 96.7 Å². The Morgan fingerprint density at radius 3 is 2.50 bits per heavy atom. The van der Waals surface area contributed by atoms with Gasteiger partial charge in [-0.2, -0.15) is 5.10 Å². The van der Waals surface area contributed by atoms with Crippen molar-refractivity contribution < 1.29 is 4.74 Å². The summed E-state index contributed by atoms with van der Waals surface area (Å²) in [5.41, 5.74) is 7.11. The molecule has 0 saturated carbocycles. The monoisotopic (exact) mass is 271 g/mol. The van der Waals surface area contributed by atoms with Gasteiger partial charge in [0, 0.05) is 6.07 Å². The highest BCUT2D eigenvalue weighted by atomic mass is 16.5. The Morgan fingerprint density at radius 1 is 1.10 bits per heavy atom. The molecule has 0 unspecified atom stereocenters. The van der Waals surface area contributed by atoms with Gasteiger partial charge in [-0.25, -0.2) is 19.3 Å². The normalized spacial score (nSPS) is 10.7. The van der Waals surface area contributed by atoms with Crippen molar-refractivity contribution in [3.8, 4) is 17.1 Å². The van der Waals surface area contributed by atoms with Crippen LogP contribution in [0.3, 0.4) is 0 Å². The molecular weight excluding hydrogens is 258 g/mol. The highest BCUT2D eigenvalue weighted by Gasteiger charge is 2.10. The van der Waals surface area contributed by atoms with Crippen molar-refractivity contribution in [3.63, 3.8) is 0 Å². The number of ether oxygens (including phenoxy) is 1. The summed E-state index contributed by atoms with van der Waals surface area (Å²) in [6, 6.07) is 5.59. The highest BCUT2D eigenvalue weighted by Crippen LogP contribution is 2.25. The summed E-state index contributed by atoms with van der Waals surface area (Å²) >= 11 is 0. The summed E-state index contributed by atoms with van der Waals surface area (Å²) < 4.78 is 8.63. The maximum absolute atomic E-state index is 5.51. The molecule has 0 fully saturated rings. The van der Waals surface area contributed by atoms with Crippen LogP contribution in [0.1, 0.15) is 5.82 Å². The molecule has 0 aliphatic rings. The smallest absolute Gasteiger partial charge is 0.239 e. The molecule has 3 aromatic rings. The van der Waals surface area contributed by atoms with E-state index in [1.807, 2.05) is 25.1 Å². The van der Waals surface area contributed by atoms with Crippen molar-refractivity contribution >= 4 is 5.95 Å². The number of hydrogen-bond donors (Lipinski definition) is 1. The minimum Gasteiger partial charge on any atom is -0.494 e. The van der Waals surface area contributed by atoms with Crippen molar-refractivity contribution in [2.75, 3.05) is 12.8 Å². The Hall–Kier alpha value is -2.90. The third kappa shape index (κ3) is 2.07. The third-order valence-corrected chi connectivity index (χ3v) is 2.79. The van der Waals surface area contributed by atoms with E-state index in [1.54, 1.807) is 29.1 Å². The van der Waals surface area contributed by atoms with E-state index in [2.05, 4.69) is 20.2 Å². The molecule has 0 radical (unpaired) electrons. The van der Waals surface area contributed by atoms with Gasteiger partial charge in [-0.15, -0.1) is 5.10 Å². The third-order valence-electron chi connectivity index (χ3n) is 2.79. The van der Waals surface area contributed by atoms with Gasteiger partial charge in [0.05, 0.1) is 12.8 Å². The van der Waals surface area contributed by atoms with Crippen molar-refractivity contribution in [2.24, 2.45) is 0 Å². The van der Waals surface area contributed by atoms with Gasteiger partial charge in [0.2, 0.25) is 5.95 Å². The van der Waals surface area contributed by atoms with Crippen LogP contribution >= 0.6 is 0 Å². The first-order chi connectivity index (χ1) is 9.67. The maximum atomic E-state index is 5.51. The number of anilines is 1. The van der Waals surface area contributed by atoms with Gasteiger partial charge >= 0.3 is 0 Å². The van der Waals surface area contributed by atoms with Crippen LogP contribution in [0, 0.1) is 6.92 Å². The molecule has 8 nitrogen and oxygen atoms in total. The van der Waals surface area contributed by atoms with Gasteiger partial charge in [-0.05, 0) is 19.1 Å². The SMILES string of the molecule is COc1cc(-n2cnc(N)n2)ccc1-n1cnc(C)n1. The average molecular weight is 271 g/mol. The molecule has 0 atom stereocenters. The number of aromatic nitrogens is 6. The minimum atomic E-state index is 0.222. The lowest BCUT2D eigenvalue weighted by Crippen LogP contribution is -2.02. The molecule has 102 valence electrons. The molecule has 8 heteroatoms. The second-order valence-electron chi connectivity index (χ2n) is 4.14. The van der Waals surface area contributed by atoms with Gasteiger partial charge in [0.15, 0.2) is 0 Å². The van der Waals surface area contributed by atoms with Crippen LogP contribution in [0.15, 0.2) is 30.9 Å². The summed E-state index contributed by atoms with van der Waals surface area (Å²) in [4.78, 5) is 8.00. The first-order valence-corrected chi connectivity index (χ1v) is 5.91. The van der Waals surface area contributed by atoms with Gasteiger partial charge in [-0.3, -0.25) is 0 Å². The number of benzene rings is 1. The molecular formula is C12H13N7O. The average Bonchev–Trinajstić information content (AvgIpc) is 3.07. The molecule has 2 heterocycles. The van der Waals surface area contributed by atoms with Crippen LogP contribution < -0.4 is 10.5 Å². The molecule has 20 heavy (non-hydrogen) atoms.